The van der Waals surface area contributed by atoms with Gasteiger partial charge >= 0.3 is 0 Å². The summed E-state index contributed by atoms with van der Waals surface area (Å²) in [5.74, 6) is -0.203. The maximum Gasteiger partial charge on any atom is 0.244 e. The van der Waals surface area contributed by atoms with Gasteiger partial charge < -0.3 is 19.9 Å². The Morgan fingerprint density at radius 3 is 2.76 bits per heavy atom. The van der Waals surface area contributed by atoms with Crippen molar-refractivity contribution in [3.8, 4) is 0 Å². The summed E-state index contributed by atoms with van der Waals surface area (Å²) in [6.45, 7) is 7.91. The zero-order valence-electron chi connectivity index (χ0n) is 21.8. The number of halogens is 1. The topological polar surface area (TPSA) is 90.6 Å². The molecule has 0 saturated carbocycles. The van der Waals surface area contributed by atoms with Crippen molar-refractivity contribution in [2.45, 2.75) is 39.0 Å². The number of fused-ring (bicyclic) bond motifs is 3. The molecule has 2 aromatic carbocycles. The fourth-order valence-corrected chi connectivity index (χ4v) is 5.67. The standard InChI is InChI=1S/C29H32IN5O3/c1-4-34(15-19-8-6-5-7-9-19)26(36)16-35-18-29(2,3)38-17-25(35)28(37)33-23-13-20(30)12-22-21-10-11-31-14-24(21)32-27(22)23/h5-14,25,32H,4,15-18H2,1-3H3,(H,33,37)/t25-/m0/s1. The van der Waals surface area contributed by atoms with E-state index in [1.807, 2.05) is 73.0 Å². The predicted octanol–water partition coefficient (Wildman–Crippen LogP) is 4.79. The molecule has 2 amide bonds. The Hall–Kier alpha value is -3.02. The molecule has 198 valence electrons. The maximum atomic E-state index is 13.7. The van der Waals surface area contributed by atoms with Gasteiger partial charge in [-0.15, -0.1) is 0 Å². The van der Waals surface area contributed by atoms with Crippen LogP contribution in [0.3, 0.4) is 0 Å². The van der Waals surface area contributed by atoms with Crippen molar-refractivity contribution in [1.82, 2.24) is 19.8 Å². The number of aromatic nitrogens is 2. The molecule has 9 heteroatoms. The van der Waals surface area contributed by atoms with Gasteiger partial charge in [0.05, 0.1) is 41.7 Å². The number of benzene rings is 2. The molecule has 0 radical (unpaired) electrons. The number of morpholine rings is 1. The molecule has 1 fully saturated rings. The number of anilines is 1. The molecule has 2 N–H and O–H groups in total. The van der Waals surface area contributed by atoms with Gasteiger partial charge in [-0.25, -0.2) is 0 Å². The summed E-state index contributed by atoms with van der Waals surface area (Å²) >= 11 is 2.26. The van der Waals surface area contributed by atoms with Crippen LogP contribution >= 0.6 is 22.6 Å². The van der Waals surface area contributed by atoms with Crippen molar-refractivity contribution in [2.24, 2.45) is 0 Å². The molecule has 0 aliphatic carbocycles. The average molecular weight is 626 g/mol. The van der Waals surface area contributed by atoms with Crippen LogP contribution in [0.1, 0.15) is 26.3 Å². The number of aromatic amines is 1. The average Bonchev–Trinajstić information content (AvgIpc) is 3.26. The van der Waals surface area contributed by atoms with Gasteiger partial charge in [-0.1, -0.05) is 30.3 Å². The zero-order valence-corrected chi connectivity index (χ0v) is 24.0. The van der Waals surface area contributed by atoms with Crippen LogP contribution in [0.4, 0.5) is 5.69 Å². The van der Waals surface area contributed by atoms with Crippen molar-refractivity contribution in [1.29, 1.82) is 0 Å². The normalized spacial score (nSPS) is 17.5. The highest BCUT2D eigenvalue weighted by Crippen LogP contribution is 2.32. The summed E-state index contributed by atoms with van der Waals surface area (Å²) in [6, 6.07) is 15.4. The van der Waals surface area contributed by atoms with Crippen LogP contribution in [0.15, 0.2) is 60.9 Å². The first kappa shape index (κ1) is 26.6. The van der Waals surface area contributed by atoms with Crippen LogP contribution in [0.2, 0.25) is 0 Å². The van der Waals surface area contributed by atoms with Crippen molar-refractivity contribution in [3.05, 3.63) is 70.1 Å². The molecule has 0 bridgehead atoms. The second kappa shape index (κ2) is 11.0. The Morgan fingerprint density at radius 2 is 2.00 bits per heavy atom. The summed E-state index contributed by atoms with van der Waals surface area (Å²) in [5, 5.41) is 5.21. The van der Waals surface area contributed by atoms with Crippen LogP contribution in [0, 0.1) is 3.57 Å². The third-order valence-corrected chi connectivity index (χ3v) is 7.60. The molecular formula is C29H32IN5O3. The smallest absolute Gasteiger partial charge is 0.244 e. The first-order valence-corrected chi connectivity index (χ1v) is 13.9. The molecule has 0 spiro atoms. The lowest BCUT2D eigenvalue weighted by molar-refractivity contribution is -0.150. The van der Waals surface area contributed by atoms with E-state index in [0.29, 0.717) is 25.3 Å². The van der Waals surface area contributed by atoms with Gasteiger partial charge in [-0.2, -0.15) is 0 Å². The third-order valence-electron chi connectivity index (χ3n) is 6.98. The summed E-state index contributed by atoms with van der Waals surface area (Å²) in [7, 11) is 0. The molecule has 38 heavy (non-hydrogen) atoms. The highest BCUT2D eigenvalue weighted by atomic mass is 127. The van der Waals surface area contributed by atoms with Crippen LogP contribution in [0.25, 0.3) is 21.8 Å². The van der Waals surface area contributed by atoms with E-state index < -0.39 is 11.6 Å². The fraction of sp³-hybridized carbons (Fsp3) is 0.345. The second-order valence-corrected chi connectivity index (χ2v) is 11.5. The molecular weight excluding hydrogens is 593 g/mol. The van der Waals surface area contributed by atoms with E-state index in [-0.39, 0.29) is 25.0 Å². The van der Waals surface area contributed by atoms with Crippen molar-refractivity contribution in [2.75, 3.05) is 31.6 Å². The largest absolute Gasteiger partial charge is 0.372 e. The van der Waals surface area contributed by atoms with Gasteiger partial charge in [0.25, 0.3) is 0 Å². The zero-order chi connectivity index (χ0) is 26.9. The van der Waals surface area contributed by atoms with Gasteiger partial charge in [0.2, 0.25) is 11.8 Å². The molecule has 1 saturated heterocycles. The number of pyridine rings is 1. The fourth-order valence-electron chi connectivity index (χ4n) is 5.05. The minimum atomic E-state index is -0.596. The lowest BCUT2D eigenvalue weighted by Gasteiger charge is -2.43. The van der Waals surface area contributed by atoms with Crippen molar-refractivity contribution < 1.29 is 14.3 Å². The van der Waals surface area contributed by atoms with Crippen LogP contribution in [-0.2, 0) is 20.9 Å². The van der Waals surface area contributed by atoms with Gasteiger partial charge in [-0.05, 0) is 67.1 Å². The van der Waals surface area contributed by atoms with Gasteiger partial charge in [0.15, 0.2) is 0 Å². The van der Waals surface area contributed by atoms with E-state index in [0.717, 1.165) is 30.9 Å². The lowest BCUT2D eigenvalue weighted by Crippen LogP contribution is -2.60. The SMILES string of the molecule is CCN(Cc1ccccc1)C(=O)CN1CC(C)(C)OC[C@H]1C(=O)Nc1cc(I)cc2c1[nH]c1cnccc12. The number of amides is 2. The third kappa shape index (κ3) is 5.69. The van der Waals surface area contributed by atoms with Crippen LogP contribution < -0.4 is 5.32 Å². The molecule has 1 atom stereocenters. The molecule has 0 unspecified atom stereocenters. The van der Waals surface area contributed by atoms with E-state index in [4.69, 9.17) is 4.74 Å². The minimum Gasteiger partial charge on any atom is -0.372 e. The number of hydrogen-bond donors (Lipinski definition) is 2. The Balaban J connectivity index is 1.37. The number of nitrogens with zero attached hydrogens (tertiary/aromatic N) is 3. The summed E-state index contributed by atoms with van der Waals surface area (Å²) in [4.78, 5) is 38.5. The van der Waals surface area contributed by atoms with Gasteiger partial charge in [0.1, 0.15) is 6.04 Å². The molecule has 2 aromatic heterocycles. The van der Waals surface area contributed by atoms with Crippen molar-refractivity contribution in [3.63, 3.8) is 0 Å². The summed E-state index contributed by atoms with van der Waals surface area (Å²) in [5.41, 5.74) is 3.07. The Labute approximate surface area is 235 Å². The highest BCUT2D eigenvalue weighted by Gasteiger charge is 2.39. The summed E-state index contributed by atoms with van der Waals surface area (Å²) < 4.78 is 7.06. The number of ether oxygens (including phenoxy) is 1. The number of rotatable bonds is 7. The number of carbonyl (C=O) groups is 2. The van der Waals surface area contributed by atoms with E-state index in [9.17, 15) is 9.59 Å². The Morgan fingerprint density at radius 1 is 1.21 bits per heavy atom. The first-order valence-electron chi connectivity index (χ1n) is 12.8. The molecule has 1 aliphatic heterocycles. The van der Waals surface area contributed by atoms with E-state index in [1.54, 1.807) is 12.4 Å². The van der Waals surface area contributed by atoms with Crippen LogP contribution in [0.5, 0.6) is 0 Å². The highest BCUT2D eigenvalue weighted by molar-refractivity contribution is 14.1. The molecule has 8 nitrogen and oxygen atoms in total. The number of likely N-dealkylation sites (N-methyl/N-ethyl adjacent to an activating group) is 1. The molecule has 1 aliphatic rings. The lowest BCUT2D eigenvalue weighted by atomic mass is 10.0. The maximum absolute atomic E-state index is 13.7. The molecule has 3 heterocycles. The predicted molar refractivity (Wildman–Crippen MR) is 158 cm³/mol. The quantitative estimate of drug-likeness (QED) is 0.289. The van der Waals surface area contributed by atoms with Gasteiger partial charge in [-0.3, -0.25) is 19.5 Å². The van der Waals surface area contributed by atoms with Gasteiger partial charge in [0, 0.05) is 40.2 Å². The molecule has 5 rings (SSSR count). The number of hydrogen-bond acceptors (Lipinski definition) is 5. The first-order chi connectivity index (χ1) is 18.2. The Bertz CT molecular complexity index is 1470. The van der Waals surface area contributed by atoms with Crippen molar-refractivity contribution >= 4 is 61.9 Å². The monoisotopic (exact) mass is 625 g/mol. The van der Waals surface area contributed by atoms with E-state index in [2.05, 4.69) is 43.9 Å². The van der Waals surface area contributed by atoms with E-state index in [1.165, 1.54) is 0 Å². The number of H-pyrrole nitrogens is 1. The number of carbonyl (C=O) groups excluding carboxylic acids is 2. The second-order valence-electron chi connectivity index (χ2n) is 10.3. The molecule has 4 aromatic rings. The minimum absolute atomic E-state index is 0.00776. The Kier molecular flexibility index (Phi) is 7.69. The van der Waals surface area contributed by atoms with Crippen LogP contribution in [-0.4, -0.2) is 69.5 Å². The van der Waals surface area contributed by atoms with E-state index >= 15 is 0 Å². The summed E-state index contributed by atoms with van der Waals surface area (Å²) in [6.07, 6.45) is 3.55. The number of nitrogens with one attached hydrogen (secondary N) is 2.